The molecule has 0 heterocycles. The Morgan fingerprint density at radius 2 is 2.07 bits per heavy atom. The van der Waals surface area contributed by atoms with Crippen molar-refractivity contribution in [1.29, 1.82) is 0 Å². The SMILES string of the molecule is CCS(=O)(=O)c1ccc(Br)cc1NC. The van der Waals surface area contributed by atoms with Crippen LogP contribution < -0.4 is 5.32 Å². The molecule has 0 saturated heterocycles. The van der Waals surface area contributed by atoms with E-state index in [4.69, 9.17) is 0 Å². The van der Waals surface area contributed by atoms with E-state index in [1.165, 1.54) is 0 Å². The molecule has 0 aliphatic heterocycles. The Morgan fingerprint density at radius 3 is 2.57 bits per heavy atom. The van der Waals surface area contributed by atoms with Crippen molar-refractivity contribution in [2.45, 2.75) is 11.8 Å². The van der Waals surface area contributed by atoms with Crippen molar-refractivity contribution >= 4 is 31.5 Å². The van der Waals surface area contributed by atoms with Crippen LogP contribution in [0.15, 0.2) is 27.6 Å². The lowest BCUT2D eigenvalue weighted by molar-refractivity contribution is 0.597. The maximum absolute atomic E-state index is 11.6. The zero-order chi connectivity index (χ0) is 10.8. The van der Waals surface area contributed by atoms with Gasteiger partial charge >= 0.3 is 0 Å². The summed E-state index contributed by atoms with van der Waals surface area (Å²) in [6.07, 6.45) is 0. The molecule has 0 spiro atoms. The van der Waals surface area contributed by atoms with Gasteiger partial charge in [0.2, 0.25) is 0 Å². The van der Waals surface area contributed by atoms with Gasteiger partial charge in [-0.15, -0.1) is 0 Å². The number of sulfone groups is 1. The minimum atomic E-state index is -3.14. The van der Waals surface area contributed by atoms with Crippen LogP contribution in [0.4, 0.5) is 5.69 Å². The molecule has 0 aliphatic rings. The van der Waals surface area contributed by atoms with Gasteiger partial charge in [-0.3, -0.25) is 0 Å². The highest BCUT2D eigenvalue weighted by Crippen LogP contribution is 2.25. The zero-order valence-corrected chi connectivity index (χ0v) is 10.4. The van der Waals surface area contributed by atoms with Crippen LogP contribution in [0.25, 0.3) is 0 Å². The van der Waals surface area contributed by atoms with Crippen LogP contribution >= 0.6 is 15.9 Å². The Hall–Kier alpha value is -0.550. The molecule has 0 aromatic heterocycles. The molecule has 1 rings (SSSR count). The molecular weight excluding hydrogens is 266 g/mol. The predicted octanol–water partition coefficient (Wildman–Crippen LogP) is 2.28. The van der Waals surface area contributed by atoms with Gasteiger partial charge in [0.05, 0.1) is 16.3 Å². The summed E-state index contributed by atoms with van der Waals surface area (Å²) < 4.78 is 24.1. The second kappa shape index (κ2) is 4.31. The van der Waals surface area contributed by atoms with E-state index in [0.29, 0.717) is 10.6 Å². The Morgan fingerprint density at radius 1 is 1.43 bits per heavy atom. The van der Waals surface area contributed by atoms with Crippen molar-refractivity contribution < 1.29 is 8.42 Å². The molecule has 5 heteroatoms. The highest BCUT2D eigenvalue weighted by atomic mass is 79.9. The lowest BCUT2D eigenvalue weighted by Crippen LogP contribution is -2.07. The summed E-state index contributed by atoms with van der Waals surface area (Å²) in [4.78, 5) is 0.353. The third-order valence-corrected chi connectivity index (χ3v) is 4.21. The highest BCUT2D eigenvalue weighted by Gasteiger charge is 2.15. The Bertz CT molecular complexity index is 428. The van der Waals surface area contributed by atoms with Crippen LogP contribution in [0.2, 0.25) is 0 Å². The molecule has 1 N–H and O–H groups in total. The van der Waals surface area contributed by atoms with Crippen molar-refractivity contribution in [2.75, 3.05) is 18.1 Å². The van der Waals surface area contributed by atoms with Crippen molar-refractivity contribution in [1.82, 2.24) is 0 Å². The van der Waals surface area contributed by atoms with Gasteiger partial charge in [0.15, 0.2) is 9.84 Å². The first-order chi connectivity index (χ1) is 6.51. The number of rotatable bonds is 3. The lowest BCUT2D eigenvalue weighted by atomic mass is 10.3. The van der Waals surface area contributed by atoms with Crippen LogP contribution in [-0.2, 0) is 9.84 Å². The summed E-state index contributed by atoms with van der Waals surface area (Å²) in [5.41, 5.74) is 0.626. The van der Waals surface area contributed by atoms with Gasteiger partial charge in [-0.25, -0.2) is 8.42 Å². The minimum Gasteiger partial charge on any atom is -0.387 e. The van der Waals surface area contributed by atoms with Crippen molar-refractivity contribution in [3.8, 4) is 0 Å². The van der Waals surface area contributed by atoms with E-state index in [9.17, 15) is 8.42 Å². The van der Waals surface area contributed by atoms with Gasteiger partial charge in [-0.1, -0.05) is 22.9 Å². The Labute approximate surface area is 92.6 Å². The number of anilines is 1. The molecule has 0 amide bonds. The van der Waals surface area contributed by atoms with Gasteiger partial charge in [0.1, 0.15) is 0 Å². The molecule has 14 heavy (non-hydrogen) atoms. The minimum absolute atomic E-state index is 0.114. The molecule has 0 saturated carbocycles. The summed E-state index contributed by atoms with van der Waals surface area (Å²) in [5, 5.41) is 2.87. The molecular formula is C9H12BrNO2S. The average Bonchev–Trinajstić information content (AvgIpc) is 2.17. The van der Waals surface area contributed by atoms with Crippen molar-refractivity contribution in [2.24, 2.45) is 0 Å². The van der Waals surface area contributed by atoms with E-state index in [-0.39, 0.29) is 5.75 Å². The van der Waals surface area contributed by atoms with E-state index in [0.717, 1.165) is 4.47 Å². The molecule has 1 aromatic carbocycles. The first kappa shape index (κ1) is 11.5. The molecule has 0 unspecified atom stereocenters. The topological polar surface area (TPSA) is 46.2 Å². The average molecular weight is 278 g/mol. The van der Waals surface area contributed by atoms with Crippen LogP contribution in [0.1, 0.15) is 6.92 Å². The van der Waals surface area contributed by atoms with Gasteiger partial charge < -0.3 is 5.32 Å². The monoisotopic (exact) mass is 277 g/mol. The van der Waals surface area contributed by atoms with Gasteiger partial charge in [0, 0.05) is 11.5 Å². The molecule has 0 atom stereocenters. The lowest BCUT2D eigenvalue weighted by Gasteiger charge is -2.08. The van der Waals surface area contributed by atoms with Crippen molar-refractivity contribution in [3.63, 3.8) is 0 Å². The fraction of sp³-hybridized carbons (Fsp3) is 0.333. The molecule has 0 bridgehead atoms. The van der Waals surface area contributed by atoms with E-state index >= 15 is 0 Å². The third-order valence-electron chi connectivity index (χ3n) is 1.93. The quantitative estimate of drug-likeness (QED) is 0.922. The first-order valence-corrected chi connectivity index (χ1v) is 6.66. The van der Waals surface area contributed by atoms with Crippen molar-refractivity contribution in [3.05, 3.63) is 22.7 Å². The Kier molecular flexibility index (Phi) is 3.55. The first-order valence-electron chi connectivity index (χ1n) is 4.21. The molecule has 78 valence electrons. The summed E-state index contributed by atoms with van der Waals surface area (Å²) in [6.45, 7) is 1.64. The van der Waals surface area contributed by atoms with E-state index in [1.54, 1.807) is 32.2 Å². The van der Waals surface area contributed by atoms with Gasteiger partial charge in [-0.2, -0.15) is 0 Å². The number of hydrogen-bond donors (Lipinski definition) is 1. The fourth-order valence-electron chi connectivity index (χ4n) is 1.12. The summed E-state index contributed by atoms with van der Waals surface area (Å²) in [5.74, 6) is 0.114. The van der Waals surface area contributed by atoms with Gasteiger partial charge in [-0.05, 0) is 18.2 Å². The van der Waals surface area contributed by atoms with E-state index < -0.39 is 9.84 Å². The second-order valence-electron chi connectivity index (χ2n) is 2.79. The molecule has 1 aromatic rings. The zero-order valence-electron chi connectivity index (χ0n) is 8.04. The standard InChI is InChI=1S/C9H12BrNO2S/c1-3-14(12,13)9-5-4-7(10)6-8(9)11-2/h4-6,11H,3H2,1-2H3. The third kappa shape index (κ3) is 2.27. The van der Waals surface area contributed by atoms with Crippen LogP contribution in [-0.4, -0.2) is 21.2 Å². The molecule has 0 fully saturated rings. The summed E-state index contributed by atoms with van der Waals surface area (Å²) >= 11 is 3.29. The summed E-state index contributed by atoms with van der Waals surface area (Å²) in [7, 11) is -1.44. The molecule has 3 nitrogen and oxygen atoms in total. The second-order valence-corrected chi connectivity index (χ2v) is 5.96. The number of benzene rings is 1. The van der Waals surface area contributed by atoms with E-state index in [2.05, 4.69) is 21.2 Å². The molecule has 0 aliphatic carbocycles. The number of hydrogen-bond acceptors (Lipinski definition) is 3. The van der Waals surface area contributed by atoms with Crippen LogP contribution in [0, 0.1) is 0 Å². The summed E-state index contributed by atoms with van der Waals surface area (Å²) in [6, 6.07) is 5.08. The smallest absolute Gasteiger partial charge is 0.180 e. The fourth-order valence-corrected chi connectivity index (χ4v) is 2.57. The maximum atomic E-state index is 11.6. The molecule has 0 radical (unpaired) electrons. The largest absolute Gasteiger partial charge is 0.387 e. The maximum Gasteiger partial charge on any atom is 0.180 e. The number of nitrogens with one attached hydrogen (secondary N) is 1. The van der Waals surface area contributed by atoms with E-state index in [1.807, 2.05) is 0 Å². The van der Waals surface area contributed by atoms with Crippen LogP contribution in [0.5, 0.6) is 0 Å². The predicted molar refractivity (Wildman–Crippen MR) is 61.4 cm³/mol. The highest BCUT2D eigenvalue weighted by molar-refractivity contribution is 9.10. The normalized spacial score (nSPS) is 11.4. The van der Waals surface area contributed by atoms with Gasteiger partial charge in [0.25, 0.3) is 0 Å². The Balaban J connectivity index is 3.35. The van der Waals surface area contributed by atoms with Crippen LogP contribution in [0.3, 0.4) is 0 Å². The number of halogens is 1.